The van der Waals surface area contributed by atoms with Gasteiger partial charge in [-0.2, -0.15) is 0 Å². The van der Waals surface area contributed by atoms with Crippen molar-refractivity contribution in [2.45, 2.75) is 53.0 Å². The molecule has 1 atom stereocenters. The molecule has 0 spiro atoms. The standard InChI is InChI=1S/C13H30N2/c1-6-8-13(14-9-7-2)11-15(5)10-12(3)4/h12-14H,6-11H2,1-5H3. The predicted molar refractivity (Wildman–Crippen MR) is 69.3 cm³/mol. The fraction of sp³-hybridized carbons (Fsp3) is 1.00. The van der Waals surface area contributed by atoms with Crippen molar-refractivity contribution in [3.05, 3.63) is 0 Å². The van der Waals surface area contributed by atoms with Crippen LogP contribution in [0, 0.1) is 5.92 Å². The molecular formula is C13H30N2. The van der Waals surface area contributed by atoms with Gasteiger partial charge in [-0.1, -0.05) is 34.1 Å². The van der Waals surface area contributed by atoms with Gasteiger partial charge in [0.05, 0.1) is 0 Å². The topological polar surface area (TPSA) is 15.3 Å². The highest BCUT2D eigenvalue weighted by molar-refractivity contribution is 4.70. The van der Waals surface area contributed by atoms with Gasteiger partial charge in [0, 0.05) is 19.1 Å². The Morgan fingerprint density at radius 3 is 2.20 bits per heavy atom. The second-order valence-electron chi connectivity index (χ2n) is 5.05. The molecular weight excluding hydrogens is 184 g/mol. The molecule has 0 aromatic heterocycles. The highest BCUT2D eigenvalue weighted by Crippen LogP contribution is 2.02. The van der Waals surface area contributed by atoms with Crippen LogP contribution in [0.15, 0.2) is 0 Å². The number of rotatable bonds is 9. The third-order valence-corrected chi connectivity index (χ3v) is 2.53. The molecule has 15 heavy (non-hydrogen) atoms. The minimum Gasteiger partial charge on any atom is -0.313 e. The fourth-order valence-electron chi connectivity index (χ4n) is 2.03. The van der Waals surface area contributed by atoms with Gasteiger partial charge < -0.3 is 10.2 Å². The van der Waals surface area contributed by atoms with E-state index in [2.05, 4.69) is 45.0 Å². The maximum Gasteiger partial charge on any atom is 0.0194 e. The SMILES string of the molecule is CCCNC(CCC)CN(C)CC(C)C. The third kappa shape index (κ3) is 8.88. The van der Waals surface area contributed by atoms with Crippen molar-refractivity contribution in [2.75, 3.05) is 26.7 Å². The molecule has 0 radical (unpaired) electrons. The molecule has 0 aliphatic rings. The summed E-state index contributed by atoms with van der Waals surface area (Å²) in [6.45, 7) is 12.6. The highest BCUT2D eigenvalue weighted by Gasteiger charge is 2.10. The average Bonchev–Trinajstić information content (AvgIpc) is 2.13. The molecule has 0 aliphatic heterocycles. The molecule has 0 amide bonds. The Bertz CT molecular complexity index is 134. The summed E-state index contributed by atoms with van der Waals surface area (Å²) in [5.41, 5.74) is 0. The van der Waals surface area contributed by atoms with E-state index in [4.69, 9.17) is 0 Å². The lowest BCUT2D eigenvalue weighted by Crippen LogP contribution is -2.40. The Hall–Kier alpha value is -0.0800. The van der Waals surface area contributed by atoms with Crippen LogP contribution in [0.2, 0.25) is 0 Å². The maximum absolute atomic E-state index is 3.63. The molecule has 0 bridgehead atoms. The first-order valence-electron chi connectivity index (χ1n) is 6.52. The minimum absolute atomic E-state index is 0.679. The van der Waals surface area contributed by atoms with Gasteiger partial charge in [0.2, 0.25) is 0 Å². The molecule has 2 nitrogen and oxygen atoms in total. The Morgan fingerprint density at radius 1 is 1.07 bits per heavy atom. The van der Waals surface area contributed by atoms with Crippen LogP contribution in [0.5, 0.6) is 0 Å². The van der Waals surface area contributed by atoms with Gasteiger partial charge >= 0.3 is 0 Å². The van der Waals surface area contributed by atoms with Gasteiger partial charge in [-0.3, -0.25) is 0 Å². The smallest absolute Gasteiger partial charge is 0.0194 e. The van der Waals surface area contributed by atoms with Gasteiger partial charge in [-0.25, -0.2) is 0 Å². The first-order valence-corrected chi connectivity index (χ1v) is 6.52. The number of hydrogen-bond donors (Lipinski definition) is 1. The van der Waals surface area contributed by atoms with E-state index >= 15 is 0 Å². The van der Waals surface area contributed by atoms with Gasteiger partial charge in [-0.05, 0) is 32.4 Å². The minimum atomic E-state index is 0.679. The zero-order valence-electron chi connectivity index (χ0n) is 11.3. The summed E-state index contributed by atoms with van der Waals surface area (Å²) in [4.78, 5) is 2.45. The molecule has 0 saturated heterocycles. The van der Waals surface area contributed by atoms with Crippen LogP contribution >= 0.6 is 0 Å². The number of nitrogens with zero attached hydrogens (tertiary/aromatic N) is 1. The lowest BCUT2D eigenvalue weighted by molar-refractivity contribution is 0.254. The van der Waals surface area contributed by atoms with Gasteiger partial charge in [0.15, 0.2) is 0 Å². The largest absolute Gasteiger partial charge is 0.313 e. The highest BCUT2D eigenvalue weighted by atomic mass is 15.1. The van der Waals surface area contributed by atoms with Crippen LogP contribution in [0.25, 0.3) is 0 Å². The predicted octanol–water partition coefficient (Wildman–Crippen LogP) is 2.74. The van der Waals surface area contributed by atoms with Gasteiger partial charge in [0.1, 0.15) is 0 Å². The van der Waals surface area contributed by atoms with Gasteiger partial charge in [-0.15, -0.1) is 0 Å². The van der Waals surface area contributed by atoms with Crippen LogP contribution in [-0.4, -0.2) is 37.6 Å². The number of nitrogens with one attached hydrogen (secondary N) is 1. The second kappa shape index (κ2) is 9.17. The molecule has 1 unspecified atom stereocenters. The zero-order chi connectivity index (χ0) is 11.7. The van der Waals surface area contributed by atoms with E-state index in [1.807, 2.05) is 0 Å². The van der Waals surface area contributed by atoms with Crippen LogP contribution in [0.3, 0.4) is 0 Å². The van der Waals surface area contributed by atoms with Crippen molar-refractivity contribution in [1.29, 1.82) is 0 Å². The summed E-state index contributed by atoms with van der Waals surface area (Å²) in [6, 6.07) is 0.679. The first kappa shape index (κ1) is 14.9. The Kier molecular flexibility index (Phi) is 9.12. The monoisotopic (exact) mass is 214 g/mol. The zero-order valence-corrected chi connectivity index (χ0v) is 11.3. The van der Waals surface area contributed by atoms with E-state index in [0.29, 0.717) is 6.04 Å². The van der Waals surface area contributed by atoms with Gasteiger partial charge in [0.25, 0.3) is 0 Å². The second-order valence-corrected chi connectivity index (χ2v) is 5.05. The van der Waals surface area contributed by atoms with Crippen LogP contribution in [-0.2, 0) is 0 Å². The lowest BCUT2D eigenvalue weighted by atomic mass is 10.1. The van der Waals surface area contributed by atoms with E-state index < -0.39 is 0 Å². The van der Waals surface area contributed by atoms with E-state index in [1.165, 1.54) is 32.4 Å². The van der Waals surface area contributed by atoms with E-state index in [1.54, 1.807) is 0 Å². The number of hydrogen-bond acceptors (Lipinski definition) is 2. The molecule has 0 saturated carbocycles. The molecule has 0 aliphatic carbocycles. The van der Waals surface area contributed by atoms with Crippen LogP contribution in [0.4, 0.5) is 0 Å². The Balaban J connectivity index is 3.80. The first-order chi connectivity index (χ1) is 7.10. The van der Waals surface area contributed by atoms with Crippen LogP contribution < -0.4 is 5.32 Å². The van der Waals surface area contributed by atoms with Crippen molar-refractivity contribution in [3.8, 4) is 0 Å². The molecule has 2 heteroatoms. The summed E-state index contributed by atoms with van der Waals surface area (Å²) in [5.74, 6) is 0.767. The average molecular weight is 214 g/mol. The Labute approximate surface area is 96.4 Å². The maximum atomic E-state index is 3.63. The summed E-state index contributed by atoms with van der Waals surface area (Å²) in [7, 11) is 2.23. The van der Waals surface area contributed by atoms with Crippen molar-refractivity contribution in [1.82, 2.24) is 10.2 Å². The number of likely N-dealkylation sites (N-methyl/N-ethyl adjacent to an activating group) is 1. The van der Waals surface area contributed by atoms with E-state index in [0.717, 1.165) is 12.5 Å². The lowest BCUT2D eigenvalue weighted by Gasteiger charge is -2.26. The summed E-state index contributed by atoms with van der Waals surface area (Å²) in [5, 5.41) is 3.63. The Morgan fingerprint density at radius 2 is 1.73 bits per heavy atom. The molecule has 0 aromatic rings. The quantitative estimate of drug-likeness (QED) is 0.635. The normalized spacial score (nSPS) is 13.8. The van der Waals surface area contributed by atoms with Crippen molar-refractivity contribution in [2.24, 2.45) is 5.92 Å². The molecule has 0 rings (SSSR count). The third-order valence-electron chi connectivity index (χ3n) is 2.53. The summed E-state index contributed by atoms with van der Waals surface area (Å²) in [6.07, 6.45) is 3.80. The molecule has 92 valence electrons. The molecule has 0 fully saturated rings. The van der Waals surface area contributed by atoms with Crippen molar-refractivity contribution < 1.29 is 0 Å². The van der Waals surface area contributed by atoms with Crippen LogP contribution in [0.1, 0.15) is 47.0 Å². The molecule has 0 aromatic carbocycles. The summed E-state index contributed by atoms with van der Waals surface area (Å²) >= 11 is 0. The summed E-state index contributed by atoms with van der Waals surface area (Å²) < 4.78 is 0. The molecule has 0 heterocycles. The van der Waals surface area contributed by atoms with E-state index in [-0.39, 0.29) is 0 Å². The van der Waals surface area contributed by atoms with E-state index in [9.17, 15) is 0 Å². The molecule has 1 N–H and O–H groups in total. The fourth-order valence-corrected chi connectivity index (χ4v) is 2.03. The van der Waals surface area contributed by atoms with Crippen molar-refractivity contribution in [3.63, 3.8) is 0 Å². The van der Waals surface area contributed by atoms with Crippen molar-refractivity contribution >= 4 is 0 Å².